The van der Waals surface area contributed by atoms with Gasteiger partial charge in [0.15, 0.2) is 0 Å². The van der Waals surface area contributed by atoms with Gasteiger partial charge in [0.25, 0.3) is 15.9 Å². The number of halogens is 1. The van der Waals surface area contributed by atoms with E-state index in [2.05, 4.69) is 20.3 Å². The number of benzene rings is 3. The number of carbonyl (C=O) groups excluding carboxylic acids is 1. The highest BCUT2D eigenvalue weighted by atomic mass is 32.2. The Bertz CT molecular complexity index is 1290. The number of nitrogens with zero attached hydrogens (tertiary/aromatic N) is 1. The topological polar surface area (TPSA) is 90.5 Å². The molecule has 0 saturated carbocycles. The van der Waals surface area contributed by atoms with Crippen molar-refractivity contribution in [2.45, 2.75) is 18.4 Å². The summed E-state index contributed by atoms with van der Waals surface area (Å²) in [5.41, 5.74) is 2.49. The fourth-order valence-electron chi connectivity index (χ4n) is 3.85. The minimum Gasteiger partial charge on any atom is -0.367 e. The van der Waals surface area contributed by atoms with Crippen molar-refractivity contribution in [1.82, 2.24) is 10.6 Å². The van der Waals surface area contributed by atoms with Gasteiger partial charge in [-0.15, -0.1) is 0 Å². The number of aryl methyl sites for hydroxylation is 1. The smallest absolute Gasteiger partial charge is 0.261 e. The first-order chi connectivity index (χ1) is 16.3. The Kier molecular flexibility index (Phi) is 7.14. The van der Waals surface area contributed by atoms with Gasteiger partial charge in [0, 0.05) is 43.9 Å². The van der Waals surface area contributed by atoms with Crippen LogP contribution in [0.25, 0.3) is 0 Å². The van der Waals surface area contributed by atoms with Crippen molar-refractivity contribution in [2.24, 2.45) is 0 Å². The zero-order valence-corrected chi connectivity index (χ0v) is 19.7. The average Bonchev–Trinajstić information content (AvgIpc) is 2.83. The van der Waals surface area contributed by atoms with Crippen LogP contribution in [0.1, 0.15) is 21.5 Å². The molecule has 0 atom stereocenters. The summed E-state index contributed by atoms with van der Waals surface area (Å²) < 4.78 is 42.8. The highest BCUT2D eigenvalue weighted by Gasteiger charge is 2.21. The van der Waals surface area contributed by atoms with Crippen LogP contribution >= 0.6 is 0 Å². The van der Waals surface area contributed by atoms with Gasteiger partial charge in [-0.25, -0.2) is 12.8 Å². The highest BCUT2D eigenvalue weighted by Crippen LogP contribution is 2.30. The predicted molar refractivity (Wildman–Crippen MR) is 131 cm³/mol. The second kappa shape index (κ2) is 10.2. The zero-order valence-electron chi connectivity index (χ0n) is 18.8. The fourth-order valence-corrected chi connectivity index (χ4v) is 5.02. The molecule has 0 bridgehead atoms. The zero-order chi connectivity index (χ0) is 24.1. The van der Waals surface area contributed by atoms with Gasteiger partial charge in [-0.1, -0.05) is 30.3 Å². The van der Waals surface area contributed by atoms with Gasteiger partial charge >= 0.3 is 0 Å². The van der Waals surface area contributed by atoms with Gasteiger partial charge in [-0.3, -0.25) is 9.52 Å². The van der Waals surface area contributed by atoms with E-state index in [9.17, 15) is 17.6 Å². The van der Waals surface area contributed by atoms with Crippen LogP contribution in [0.4, 0.5) is 15.8 Å². The number of nitrogens with one attached hydrogen (secondary N) is 3. The Hall–Kier alpha value is -3.43. The Morgan fingerprint density at radius 2 is 1.79 bits per heavy atom. The minimum absolute atomic E-state index is 0.0232. The molecule has 1 amide bonds. The third kappa shape index (κ3) is 5.55. The van der Waals surface area contributed by atoms with Crippen molar-refractivity contribution in [1.29, 1.82) is 0 Å². The molecule has 178 valence electrons. The van der Waals surface area contributed by atoms with E-state index in [4.69, 9.17) is 0 Å². The number of carbonyl (C=O) groups is 1. The Balaban J connectivity index is 1.62. The van der Waals surface area contributed by atoms with Crippen molar-refractivity contribution in [3.8, 4) is 0 Å². The lowest BCUT2D eigenvalue weighted by atomic mass is 10.1. The predicted octanol–water partition coefficient (Wildman–Crippen LogP) is 3.27. The molecule has 1 fully saturated rings. The maximum Gasteiger partial charge on any atom is 0.261 e. The summed E-state index contributed by atoms with van der Waals surface area (Å²) in [6, 6.07) is 17.8. The molecule has 34 heavy (non-hydrogen) atoms. The van der Waals surface area contributed by atoms with Crippen LogP contribution in [0.5, 0.6) is 0 Å². The Morgan fingerprint density at radius 3 is 2.53 bits per heavy atom. The van der Waals surface area contributed by atoms with Crippen molar-refractivity contribution < 1.29 is 17.6 Å². The lowest BCUT2D eigenvalue weighted by molar-refractivity contribution is 0.0950. The number of sulfonamides is 1. The lowest BCUT2D eigenvalue weighted by Gasteiger charge is -2.31. The van der Waals surface area contributed by atoms with Crippen LogP contribution in [-0.4, -0.2) is 40.5 Å². The van der Waals surface area contributed by atoms with Crippen LogP contribution < -0.4 is 20.3 Å². The molecule has 3 N–H and O–H groups in total. The normalized spacial score (nSPS) is 14.0. The van der Waals surface area contributed by atoms with Crippen LogP contribution in [0.3, 0.4) is 0 Å². The van der Waals surface area contributed by atoms with Crippen LogP contribution in [0, 0.1) is 12.7 Å². The molecule has 7 nitrogen and oxygen atoms in total. The molecule has 1 heterocycles. The first kappa shape index (κ1) is 23.7. The quantitative estimate of drug-likeness (QED) is 0.481. The summed E-state index contributed by atoms with van der Waals surface area (Å²) in [6.45, 7) is 4.81. The van der Waals surface area contributed by atoms with Gasteiger partial charge in [-0.2, -0.15) is 0 Å². The minimum atomic E-state index is -3.87. The van der Waals surface area contributed by atoms with Gasteiger partial charge in [0.1, 0.15) is 5.82 Å². The first-order valence-electron chi connectivity index (χ1n) is 11.0. The first-order valence-corrected chi connectivity index (χ1v) is 12.5. The molecule has 0 spiro atoms. The number of anilines is 2. The lowest BCUT2D eigenvalue weighted by Crippen LogP contribution is -2.43. The third-order valence-electron chi connectivity index (χ3n) is 5.66. The molecule has 3 aromatic rings. The molecule has 1 aliphatic heterocycles. The fraction of sp³-hybridized carbons (Fsp3) is 0.240. The van der Waals surface area contributed by atoms with Crippen LogP contribution in [-0.2, 0) is 16.6 Å². The van der Waals surface area contributed by atoms with Gasteiger partial charge < -0.3 is 15.5 Å². The van der Waals surface area contributed by atoms with E-state index in [0.29, 0.717) is 30.0 Å². The van der Waals surface area contributed by atoms with Gasteiger partial charge in [0.05, 0.1) is 16.3 Å². The van der Waals surface area contributed by atoms with E-state index in [1.54, 1.807) is 42.5 Å². The number of piperazine rings is 1. The second-order valence-electron chi connectivity index (χ2n) is 8.17. The van der Waals surface area contributed by atoms with Crippen molar-refractivity contribution in [3.63, 3.8) is 0 Å². The summed E-state index contributed by atoms with van der Waals surface area (Å²) in [5.74, 6) is -0.824. The Labute approximate surface area is 199 Å². The number of hydrogen-bond acceptors (Lipinski definition) is 5. The molecular formula is C25H27FN4O3S. The van der Waals surface area contributed by atoms with Crippen molar-refractivity contribution >= 4 is 27.3 Å². The second-order valence-corrected chi connectivity index (χ2v) is 9.85. The van der Waals surface area contributed by atoms with Crippen molar-refractivity contribution in [3.05, 3.63) is 89.2 Å². The van der Waals surface area contributed by atoms with Crippen LogP contribution in [0.15, 0.2) is 71.6 Å². The molecular weight excluding hydrogens is 455 g/mol. The van der Waals surface area contributed by atoms with E-state index >= 15 is 0 Å². The summed E-state index contributed by atoms with van der Waals surface area (Å²) >= 11 is 0. The third-order valence-corrected chi connectivity index (χ3v) is 7.02. The Morgan fingerprint density at radius 1 is 1.03 bits per heavy atom. The molecule has 4 rings (SSSR count). The number of rotatable bonds is 7. The summed E-state index contributed by atoms with van der Waals surface area (Å²) in [7, 11) is -3.87. The van der Waals surface area contributed by atoms with E-state index in [1.165, 1.54) is 18.2 Å². The molecule has 1 saturated heterocycles. The number of hydrogen-bond donors (Lipinski definition) is 3. The summed E-state index contributed by atoms with van der Waals surface area (Å²) in [5, 5.41) is 5.98. The van der Waals surface area contributed by atoms with E-state index in [-0.39, 0.29) is 17.0 Å². The average molecular weight is 483 g/mol. The molecule has 0 aliphatic carbocycles. The molecule has 0 aromatic heterocycles. The highest BCUT2D eigenvalue weighted by molar-refractivity contribution is 7.92. The maximum atomic E-state index is 13.9. The number of amides is 1. The molecule has 0 unspecified atom stereocenters. The summed E-state index contributed by atoms with van der Waals surface area (Å²) in [4.78, 5) is 15.0. The SMILES string of the molecule is Cc1cccc(S(=O)(=O)Nc2cc(C(=O)NCc3ccccc3F)ccc2N2CCNCC2)c1. The van der Waals surface area contributed by atoms with E-state index < -0.39 is 21.7 Å². The molecule has 9 heteroatoms. The molecule has 0 radical (unpaired) electrons. The van der Waals surface area contributed by atoms with Gasteiger partial charge in [0.2, 0.25) is 0 Å². The molecule has 1 aliphatic rings. The van der Waals surface area contributed by atoms with Crippen molar-refractivity contribution in [2.75, 3.05) is 35.8 Å². The van der Waals surface area contributed by atoms with E-state index in [1.807, 2.05) is 13.0 Å². The van der Waals surface area contributed by atoms with E-state index in [0.717, 1.165) is 18.7 Å². The summed E-state index contributed by atoms with van der Waals surface area (Å²) in [6.07, 6.45) is 0. The largest absolute Gasteiger partial charge is 0.367 e. The molecule has 3 aromatic carbocycles. The van der Waals surface area contributed by atoms with Gasteiger partial charge in [-0.05, 0) is 48.9 Å². The standard InChI is InChI=1S/C25H27FN4O3S/c1-18-5-4-7-21(15-18)34(32,33)29-23-16-19(9-10-24(23)30-13-11-27-12-14-30)25(31)28-17-20-6-2-3-8-22(20)26/h2-10,15-16,27,29H,11-14,17H2,1H3,(H,28,31). The maximum absolute atomic E-state index is 13.9. The monoisotopic (exact) mass is 482 g/mol. The van der Waals surface area contributed by atoms with Crippen LogP contribution in [0.2, 0.25) is 0 Å².